The van der Waals surface area contributed by atoms with Crippen molar-refractivity contribution in [2.45, 2.75) is 24.9 Å². The Balaban J connectivity index is 1.31. The molecular formula is C27H29N6O5P. The lowest BCUT2D eigenvalue weighted by Gasteiger charge is -2.25. The zero-order valence-corrected chi connectivity index (χ0v) is 22.2. The third kappa shape index (κ3) is 6.34. The van der Waals surface area contributed by atoms with Gasteiger partial charge in [-0.15, -0.1) is 0 Å². The number of hydrogen-bond donors (Lipinski definition) is 2. The summed E-state index contributed by atoms with van der Waals surface area (Å²) in [5, 5.41) is 2.84. The molecule has 0 saturated heterocycles. The van der Waals surface area contributed by atoms with Gasteiger partial charge in [0.1, 0.15) is 23.6 Å². The van der Waals surface area contributed by atoms with E-state index in [1.165, 1.54) is 13.4 Å². The highest BCUT2D eigenvalue weighted by molar-refractivity contribution is 7.52. The van der Waals surface area contributed by atoms with Gasteiger partial charge in [-0.05, 0) is 30.5 Å². The molecule has 4 aromatic rings. The number of nitrogens with one attached hydrogen (secondary N) is 1. The van der Waals surface area contributed by atoms with Crippen LogP contribution in [-0.4, -0.2) is 45.2 Å². The molecule has 11 nitrogen and oxygen atoms in total. The van der Waals surface area contributed by atoms with Crippen molar-refractivity contribution >= 4 is 30.7 Å². The van der Waals surface area contributed by atoms with Gasteiger partial charge in [0.05, 0.1) is 26.1 Å². The molecule has 0 aliphatic heterocycles. The molecule has 2 aromatic carbocycles. The number of esters is 1. The number of carbonyl (C=O) groups excluding carboxylic acids is 1. The van der Waals surface area contributed by atoms with Crippen molar-refractivity contribution in [1.29, 1.82) is 0 Å². The van der Waals surface area contributed by atoms with Crippen LogP contribution in [0.3, 0.4) is 0 Å². The fourth-order valence-corrected chi connectivity index (χ4v) is 6.01. The molecule has 0 saturated carbocycles. The summed E-state index contributed by atoms with van der Waals surface area (Å²) in [5.41, 5.74) is 7.97. The molecule has 3 N–H and O–H groups in total. The van der Waals surface area contributed by atoms with Crippen LogP contribution in [0.1, 0.15) is 18.0 Å². The Hall–Kier alpha value is -4.05. The highest BCUT2D eigenvalue weighted by Gasteiger charge is 2.36. The van der Waals surface area contributed by atoms with Crippen molar-refractivity contribution in [2.75, 3.05) is 19.5 Å². The van der Waals surface area contributed by atoms with E-state index in [1.54, 1.807) is 30.6 Å². The van der Waals surface area contributed by atoms with Crippen molar-refractivity contribution in [3.63, 3.8) is 0 Å². The van der Waals surface area contributed by atoms with Gasteiger partial charge >= 0.3 is 13.7 Å². The number of nitrogens with two attached hydrogens (primary N) is 1. The van der Waals surface area contributed by atoms with Crippen LogP contribution in [0.15, 0.2) is 85.5 Å². The Morgan fingerprint density at radius 2 is 1.85 bits per heavy atom. The van der Waals surface area contributed by atoms with Gasteiger partial charge in [-0.1, -0.05) is 60.7 Å². The maximum Gasteiger partial charge on any atom is 0.459 e. The number of carbonyl (C=O) groups is 1. The average molecular weight is 549 g/mol. The Kier molecular flexibility index (Phi) is 8.02. The number of hydrogen-bond acceptors (Lipinski definition) is 9. The van der Waals surface area contributed by atoms with Gasteiger partial charge in [0.15, 0.2) is 11.5 Å². The molecular weight excluding hydrogens is 519 g/mol. The van der Waals surface area contributed by atoms with E-state index in [-0.39, 0.29) is 25.0 Å². The standard InChI is InChI=1S/C27H29N6O5P/c1-36-27(34)23(15-19-8-4-2-5-9-19)32-39(35,38-22-10-6-3-7-11-22)37-16-20-12-13-21(14-20)33-18-31-24-25(28)29-17-30-26(24)33/h2-13,17-18,20-21,23H,14-16H2,1H3,(H,32,35)(H2,28,29,30)/t20-,21+,23-,39?/m0/s1. The molecule has 1 aliphatic carbocycles. The molecule has 0 bridgehead atoms. The number of rotatable bonds is 11. The first kappa shape index (κ1) is 26.6. The minimum Gasteiger partial charge on any atom is -0.468 e. The van der Waals surface area contributed by atoms with Gasteiger partial charge in [-0.25, -0.2) is 19.5 Å². The first-order chi connectivity index (χ1) is 18.9. The highest BCUT2D eigenvalue weighted by atomic mass is 31.2. The molecule has 0 radical (unpaired) electrons. The molecule has 1 aliphatic rings. The van der Waals surface area contributed by atoms with Gasteiger partial charge in [-0.2, -0.15) is 5.09 Å². The van der Waals surface area contributed by atoms with Crippen molar-refractivity contribution < 1.29 is 23.1 Å². The third-order valence-corrected chi connectivity index (χ3v) is 7.97. The maximum absolute atomic E-state index is 14.0. The number of fused-ring (bicyclic) bond motifs is 1. The number of nitrogen functional groups attached to an aromatic ring is 1. The monoisotopic (exact) mass is 548 g/mol. The number of allylic oxidation sites excluding steroid dienone is 1. The fraction of sp³-hybridized carbons (Fsp3) is 0.259. The molecule has 12 heteroatoms. The van der Waals surface area contributed by atoms with Gasteiger partial charge in [0, 0.05) is 5.92 Å². The molecule has 2 aromatic heterocycles. The van der Waals surface area contributed by atoms with Crippen molar-refractivity contribution in [3.05, 3.63) is 91.0 Å². The average Bonchev–Trinajstić information content (AvgIpc) is 3.60. The second kappa shape index (κ2) is 11.8. The summed E-state index contributed by atoms with van der Waals surface area (Å²) in [7, 11) is -2.73. The van der Waals surface area contributed by atoms with Crippen molar-refractivity contribution in [1.82, 2.24) is 24.6 Å². The third-order valence-electron chi connectivity index (χ3n) is 6.40. The van der Waals surface area contributed by atoms with Crippen molar-refractivity contribution in [3.8, 4) is 5.75 Å². The number of methoxy groups -OCH3 is 1. The summed E-state index contributed by atoms with van der Waals surface area (Å²) >= 11 is 0. The lowest BCUT2D eigenvalue weighted by atomic mass is 10.1. The van der Waals surface area contributed by atoms with E-state index in [9.17, 15) is 9.36 Å². The van der Waals surface area contributed by atoms with Crippen molar-refractivity contribution in [2.24, 2.45) is 5.92 Å². The topological polar surface area (TPSA) is 143 Å². The molecule has 5 rings (SSSR count). The second-order valence-electron chi connectivity index (χ2n) is 9.12. The Morgan fingerprint density at radius 3 is 2.59 bits per heavy atom. The summed E-state index contributed by atoms with van der Waals surface area (Å²) in [6.07, 6.45) is 8.01. The number of nitrogens with zero attached hydrogens (tertiary/aromatic N) is 4. The van der Waals surface area contributed by atoms with Crippen LogP contribution in [-0.2, 0) is 25.0 Å². The summed E-state index contributed by atoms with van der Waals surface area (Å²) in [4.78, 5) is 25.3. The van der Waals surface area contributed by atoms with Crippen LogP contribution in [0.25, 0.3) is 11.2 Å². The van der Waals surface area contributed by atoms with Crippen LogP contribution >= 0.6 is 7.75 Å². The van der Waals surface area contributed by atoms with Gasteiger partial charge in [-0.3, -0.25) is 9.32 Å². The zero-order chi connectivity index (χ0) is 27.2. The van der Waals surface area contributed by atoms with Crippen LogP contribution < -0.4 is 15.3 Å². The van der Waals surface area contributed by atoms with Gasteiger partial charge in [0.2, 0.25) is 0 Å². The molecule has 39 heavy (non-hydrogen) atoms. The fourth-order valence-electron chi connectivity index (χ4n) is 4.46. The van der Waals surface area contributed by atoms with Crippen LogP contribution in [0, 0.1) is 5.92 Å². The minimum atomic E-state index is -4.02. The number of imidazole rings is 1. The quantitative estimate of drug-likeness (QED) is 0.160. The van der Waals surface area contributed by atoms with E-state index < -0.39 is 19.8 Å². The number of aromatic nitrogens is 4. The molecule has 2 heterocycles. The van der Waals surface area contributed by atoms with E-state index in [2.05, 4.69) is 20.0 Å². The maximum atomic E-state index is 14.0. The normalized spacial score (nSPS) is 19.0. The predicted octanol–water partition coefficient (Wildman–Crippen LogP) is 4.10. The van der Waals surface area contributed by atoms with Crippen LogP contribution in [0.4, 0.5) is 5.82 Å². The Labute approximate surface area is 225 Å². The smallest absolute Gasteiger partial charge is 0.459 e. The molecule has 0 spiro atoms. The predicted molar refractivity (Wildman–Crippen MR) is 146 cm³/mol. The largest absolute Gasteiger partial charge is 0.468 e. The van der Waals surface area contributed by atoms with E-state index in [0.717, 1.165) is 5.56 Å². The Morgan fingerprint density at radius 1 is 1.10 bits per heavy atom. The molecule has 0 fully saturated rings. The first-order valence-electron chi connectivity index (χ1n) is 12.4. The van der Waals surface area contributed by atoms with E-state index in [4.69, 9.17) is 19.5 Å². The first-order valence-corrected chi connectivity index (χ1v) is 14.0. The molecule has 4 atom stereocenters. The summed E-state index contributed by atoms with van der Waals surface area (Å²) in [6.45, 7) is 0.0904. The van der Waals surface area contributed by atoms with E-state index in [1.807, 2.05) is 53.1 Å². The zero-order valence-electron chi connectivity index (χ0n) is 21.3. The number of anilines is 1. The Bertz CT molecular complexity index is 1500. The lowest BCUT2D eigenvalue weighted by Crippen LogP contribution is -2.39. The molecule has 0 amide bonds. The van der Waals surface area contributed by atoms with Crippen LogP contribution in [0.5, 0.6) is 5.75 Å². The molecule has 202 valence electrons. The molecule has 1 unspecified atom stereocenters. The number of benzene rings is 2. The highest BCUT2D eigenvalue weighted by Crippen LogP contribution is 2.46. The second-order valence-corrected chi connectivity index (χ2v) is 10.8. The number of para-hydroxylation sites is 1. The van der Waals surface area contributed by atoms with E-state index in [0.29, 0.717) is 29.2 Å². The van der Waals surface area contributed by atoms with Gasteiger partial charge in [0.25, 0.3) is 0 Å². The summed E-state index contributed by atoms with van der Waals surface area (Å²) < 4.78 is 32.7. The van der Waals surface area contributed by atoms with Crippen LogP contribution in [0.2, 0.25) is 0 Å². The summed E-state index contributed by atoms with van der Waals surface area (Å²) in [5.74, 6) is 0.0141. The van der Waals surface area contributed by atoms with E-state index >= 15 is 0 Å². The lowest BCUT2D eigenvalue weighted by molar-refractivity contribution is -0.142. The summed E-state index contributed by atoms with van der Waals surface area (Å²) in [6, 6.07) is 17.1. The SMILES string of the molecule is COC(=O)[C@H](Cc1ccccc1)NP(=O)(OC[C@H]1C=C[C@@H](n2cnc3c(N)ncnc32)C1)Oc1ccccc1. The number of ether oxygens (including phenoxy) is 1. The minimum absolute atomic E-state index is 0.0406. The van der Waals surface area contributed by atoms with Gasteiger partial charge < -0.3 is 19.6 Å².